The van der Waals surface area contributed by atoms with Crippen molar-refractivity contribution in [3.05, 3.63) is 65.6 Å². The van der Waals surface area contributed by atoms with E-state index in [0.29, 0.717) is 18.3 Å². The van der Waals surface area contributed by atoms with Crippen molar-refractivity contribution in [2.24, 2.45) is 0 Å². The summed E-state index contributed by atoms with van der Waals surface area (Å²) in [4.78, 5) is 18.9. The molecular weight excluding hydrogens is 410 g/mol. The van der Waals surface area contributed by atoms with Gasteiger partial charge >= 0.3 is 0 Å². The number of nitrogens with one attached hydrogen (secondary N) is 1. The van der Waals surface area contributed by atoms with Gasteiger partial charge in [-0.1, -0.05) is 24.3 Å². The van der Waals surface area contributed by atoms with E-state index in [-0.39, 0.29) is 5.91 Å². The van der Waals surface area contributed by atoms with Crippen molar-refractivity contribution in [3.8, 4) is 22.8 Å². The Morgan fingerprint density at radius 2 is 1.90 bits per heavy atom. The number of nitrogens with zero attached hydrogens (tertiary/aromatic N) is 2. The number of likely N-dealkylation sites (N-methyl/N-ethyl adjacent to an activating group) is 1. The van der Waals surface area contributed by atoms with Crippen LogP contribution >= 0.6 is 11.3 Å². The second-order valence-electron chi connectivity index (χ2n) is 7.01. The molecule has 0 aliphatic carbocycles. The van der Waals surface area contributed by atoms with Crippen LogP contribution in [0.25, 0.3) is 17.3 Å². The predicted molar refractivity (Wildman–Crippen MR) is 127 cm³/mol. The minimum atomic E-state index is -0.231. The molecule has 3 rings (SSSR count). The normalized spacial score (nSPS) is 11.1. The molecule has 3 aromatic rings. The highest BCUT2D eigenvalue weighted by Gasteiger charge is 2.11. The molecule has 0 saturated carbocycles. The molecule has 162 valence electrons. The number of para-hydroxylation sites is 1. The number of amides is 1. The number of thiazole rings is 1. The lowest BCUT2D eigenvalue weighted by Gasteiger charge is -2.13. The lowest BCUT2D eigenvalue weighted by Crippen LogP contribution is -2.19. The number of carbonyl (C=O) groups is 1. The Morgan fingerprint density at radius 1 is 1.13 bits per heavy atom. The SMILES string of the molecule is CCOc1ccc(/C=C/C(=O)Nc2nc(-c3ccccc3OCCN(C)C)cs2)cc1. The molecule has 1 amide bonds. The van der Waals surface area contributed by atoms with Crippen molar-refractivity contribution >= 4 is 28.5 Å². The highest BCUT2D eigenvalue weighted by atomic mass is 32.1. The first-order valence-electron chi connectivity index (χ1n) is 10.1. The molecule has 0 saturated heterocycles. The maximum atomic E-state index is 12.3. The van der Waals surface area contributed by atoms with Gasteiger partial charge in [0.1, 0.15) is 18.1 Å². The largest absolute Gasteiger partial charge is 0.494 e. The molecule has 0 spiro atoms. The molecule has 1 N–H and O–H groups in total. The third-order valence-electron chi connectivity index (χ3n) is 4.31. The molecule has 0 unspecified atom stereocenters. The predicted octanol–water partition coefficient (Wildman–Crippen LogP) is 4.80. The summed E-state index contributed by atoms with van der Waals surface area (Å²) >= 11 is 1.38. The van der Waals surface area contributed by atoms with E-state index in [9.17, 15) is 4.79 Å². The van der Waals surface area contributed by atoms with E-state index in [4.69, 9.17) is 9.47 Å². The zero-order chi connectivity index (χ0) is 22.1. The van der Waals surface area contributed by atoms with Crippen molar-refractivity contribution in [2.75, 3.05) is 39.2 Å². The number of benzene rings is 2. The number of anilines is 1. The first-order valence-corrected chi connectivity index (χ1v) is 11.0. The lowest BCUT2D eigenvalue weighted by molar-refractivity contribution is -0.111. The van der Waals surface area contributed by atoms with Crippen molar-refractivity contribution in [1.29, 1.82) is 0 Å². The van der Waals surface area contributed by atoms with Crippen LogP contribution in [-0.4, -0.2) is 49.6 Å². The van der Waals surface area contributed by atoms with Crippen LogP contribution in [0.2, 0.25) is 0 Å². The van der Waals surface area contributed by atoms with E-state index >= 15 is 0 Å². The molecule has 0 atom stereocenters. The van der Waals surface area contributed by atoms with E-state index in [1.54, 1.807) is 6.08 Å². The fourth-order valence-corrected chi connectivity index (χ4v) is 3.47. The zero-order valence-corrected chi connectivity index (χ0v) is 18.8. The topological polar surface area (TPSA) is 63.7 Å². The van der Waals surface area contributed by atoms with Gasteiger partial charge in [-0.15, -0.1) is 11.3 Å². The van der Waals surface area contributed by atoms with Crippen molar-refractivity contribution in [1.82, 2.24) is 9.88 Å². The first-order chi connectivity index (χ1) is 15.0. The first kappa shape index (κ1) is 22.5. The summed E-state index contributed by atoms with van der Waals surface area (Å²) in [5.41, 5.74) is 2.60. The van der Waals surface area contributed by atoms with Crippen molar-refractivity contribution in [3.63, 3.8) is 0 Å². The summed E-state index contributed by atoms with van der Waals surface area (Å²) in [7, 11) is 4.02. The van der Waals surface area contributed by atoms with Crippen LogP contribution in [0.3, 0.4) is 0 Å². The summed E-state index contributed by atoms with van der Waals surface area (Å²) in [6, 6.07) is 15.4. The summed E-state index contributed by atoms with van der Waals surface area (Å²) in [6.45, 7) is 3.99. The fraction of sp³-hybridized carbons (Fsp3) is 0.250. The summed E-state index contributed by atoms with van der Waals surface area (Å²) < 4.78 is 11.3. The average Bonchev–Trinajstić information content (AvgIpc) is 3.22. The Labute approximate surface area is 187 Å². The lowest BCUT2D eigenvalue weighted by atomic mass is 10.1. The fourth-order valence-electron chi connectivity index (χ4n) is 2.76. The van der Waals surface area contributed by atoms with Gasteiger partial charge in [-0.3, -0.25) is 10.1 Å². The maximum absolute atomic E-state index is 12.3. The van der Waals surface area contributed by atoms with Gasteiger partial charge in [0.25, 0.3) is 0 Å². The Hall–Kier alpha value is -3.16. The van der Waals surface area contributed by atoms with Gasteiger partial charge in [-0.05, 0) is 56.9 Å². The highest BCUT2D eigenvalue weighted by Crippen LogP contribution is 2.32. The van der Waals surface area contributed by atoms with Crippen LogP contribution in [0.4, 0.5) is 5.13 Å². The number of carbonyl (C=O) groups excluding carboxylic acids is 1. The molecule has 2 aromatic carbocycles. The van der Waals surface area contributed by atoms with Gasteiger partial charge < -0.3 is 14.4 Å². The molecule has 0 aliphatic heterocycles. The number of ether oxygens (including phenoxy) is 2. The van der Waals surface area contributed by atoms with Gasteiger partial charge in [-0.25, -0.2) is 4.98 Å². The van der Waals surface area contributed by atoms with Crippen LogP contribution in [0.1, 0.15) is 12.5 Å². The Balaban J connectivity index is 1.61. The van der Waals surface area contributed by atoms with Gasteiger partial charge in [0, 0.05) is 23.6 Å². The van der Waals surface area contributed by atoms with E-state index in [1.165, 1.54) is 17.4 Å². The van der Waals surface area contributed by atoms with Crippen LogP contribution < -0.4 is 14.8 Å². The van der Waals surface area contributed by atoms with Gasteiger partial charge in [0.15, 0.2) is 5.13 Å². The smallest absolute Gasteiger partial charge is 0.250 e. The Kier molecular flexibility index (Phi) is 8.20. The summed E-state index contributed by atoms with van der Waals surface area (Å²) in [5.74, 6) is 1.36. The number of rotatable bonds is 10. The molecular formula is C24H27N3O3S. The molecule has 31 heavy (non-hydrogen) atoms. The van der Waals surface area contributed by atoms with Crippen LogP contribution in [0.15, 0.2) is 60.0 Å². The van der Waals surface area contributed by atoms with Gasteiger partial charge in [0.2, 0.25) is 5.91 Å². The second kappa shape index (κ2) is 11.3. The second-order valence-corrected chi connectivity index (χ2v) is 7.87. The Morgan fingerprint density at radius 3 is 2.65 bits per heavy atom. The van der Waals surface area contributed by atoms with Crippen LogP contribution in [0.5, 0.6) is 11.5 Å². The molecule has 0 bridgehead atoms. The van der Waals surface area contributed by atoms with Crippen LogP contribution in [0, 0.1) is 0 Å². The monoisotopic (exact) mass is 437 g/mol. The van der Waals surface area contributed by atoms with Crippen molar-refractivity contribution in [2.45, 2.75) is 6.92 Å². The number of hydrogen-bond donors (Lipinski definition) is 1. The molecule has 0 radical (unpaired) electrons. The van der Waals surface area contributed by atoms with E-state index < -0.39 is 0 Å². The molecule has 7 heteroatoms. The minimum Gasteiger partial charge on any atom is -0.494 e. The zero-order valence-electron chi connectivity index (χ0n) is 18.0. The number of aromatic nitrogens is 1. The molecule has 1 heterocycles. The summed E-state index contributed by atoms with van der Waals surface area (Å²) in [6.07, 6.45) is 3.25. The molecule has 0 aliphatic rings. The maximum Gasteiger partial charge on any atom is 0.250 e. The summed E-state index contributed by atoms with van der Waals surface area (Å²) in [5, 5.41) is 5.28. The minimum absolute atomic E-state index is 0.231. The van der Waals surface area contributed by atoms with Gasteiger partial charge in [-0.2, -0.15) is 0 Å². The van der Waals surface area contributed by atoms with E-state index in [0.717, 1.165) is 34.9 Å². The van der Waals surface area contributed by atoms with E-state index in [1.807, 2.05) is 74.9 Å². The van der Waals surface area contributed by atoms with Crippen LogP contribution in [-0.2, 0) is 4.79 Å². The van der Waals surface area contributed by atoms with Crippen molar-refractivity contribution < 1.29 is 14.3 Å². The average molecular weight is 438 g/mol. The molecule has 0 fully saturated rings. The highest BCUT2D eigenvalue weighted by molar-refractivity contribution is 7.14. The third-order valence-corrected chi connectivity index (χ3v) is 5.07. The Bertz CT molecular complexity index is 1010. The molecule has 1 aromatic heterocycles. The molecule has 6 nitrogen and oxygen atoms in total. The quantitative estimate of drug-likeness (QED) is 0.462. The number of hydrogen-bond acceptors (Lipinski definition) is 6. The standard InChI is InChI=1S/C24H27N3O3S/c1-4-29-19-12-9-18(10-13-19)11-14-23(28)26-24-25-21(17-31-24)20-7-5-6-8-22(20)30-16-15-27(2)3/h5-14,17H,4,15-16H2,1-3H3,(H,25,26,28)/b14-11+. The van der Waals surface area contributed by atoms with E-state index in [2.05, 4.69) is 15.2 Å². The van der Waals surface area contributed by atoms with Gasteiger partial charge in [0.05, 0.1) is 12.3 Å². The third kappa shape index (κ3) is 6.94.